The first kappa shape index (κ1) is 23.4. The summed E-state index contributed by atoms with van der Waals surface area (Å²) in [5.41, 5.74) is 9.31. The number of nitrogen functional groups attached to an aromatic ring is 1. The number of rotatable bonds is 5. The van der Waals surface area contributed by atoms with E-state index in [2.05, 4.69) is 24.1 Å². The minimum Gasteiger partial charge on any atom is -0.485 e. The molecule has 3 aromatic rings. The number of aromatic nitrogens is 1. The Morgan fingerprint density at radius 2 is 1.76 bits per heavy atom. The third-order valence-electron chi connectivity index (χ3n) is 5.57. The van der Waals surface area contributed by atoms with Gasteiger partial charge >= 0.3 is 0 Å². The smallest absolute Gasteiger partial charge is 0.253 e. The van der Waals surface area contributed by atoms with Gasteiger partial charge in [0.15, 0.2) is 11.6 Å². The Labute approximate surface area is 203 Å². The van der Waals surface area contributed by atoms with Crippen LogP contribution in [0.1, 0.15) is 29.8 Å². The van der Waals surface area contributed by atoms with Crippen molar-refractivity contribution in [3.05, 3.63) is 75.9 Å². The van der Waals surface area contributed by atoms with Gasteiger partial charge in [0.05, 0.1) is 10.0 Å². The van der Waals surface area contributed by atoms with E-state index in [9.17, 15) is 4.79 Å². The number of amides is 1. The standard InChI is InChI=1S/C25H26Cl2N4O2/c1-15-12-31(13-16(2)30-15)25(32)19-6-4-18(5-7-19)20-10-23(24(28)29-11-20)33-14-17-3-8-21(26)22(27)9-17/h3-11,15-16,30H,12-14H2,1-2H3,(H2,28,29). The van der Waals surface area contributed by atoms with E-state index in [0.717, 1.165) is 16.7 Å². The van der Waals surface area contributed by atoms with Crippen LogP contribution in [0.25, 0.3) is 11.1 Å². The van der Waals surface area contributed by atoms with E-state index < -0.39 is 0 Å². The quantitative estimate of drug-likeness (QED) is 0.530. The number of nitrogens with zero attached hydrogens (tertiary/aromatic N) is 2. The molecule has 2 atom stereocenters. The molecule has 4 rings (SSSR count). The first-order valence-corrected chi connectivity index (χ1v) is 11.5. The average molecular weight is 485 g/mol. The van der Waals surface area contributed by atoms with Crippen LogP contribution in [-0.4, -0.2) is 41.0 Å². The first-order valence-electron chi connectivity index (χ1n) is 10.8. The van der Waals surface area contributed by atoms with Gasteiger partial charge in [-0.25, -0.2) is 4.98 Å². The molecule has 1 saturated heterocycles. The van der Waals surface area contributed by atoms with Crippen LogP contribution >= 0.6 is 23.2 Å². The highest BCUT2D eigenvalue weighted by molar-refractivity contribution is 6.42. The highest BCUT2D eigenvalue weighted by atomic mass is 35.5. The van der Waals surface area contributed by atoms with E-state index >= 15 is 0 Å². The fourth-order valence-electron chi connectivity index (χ4n) is 4.00. The van der Waals surface area contributed by atoms with Crippen molar-refractivity contribution >= 4 is 34.9 Å². The summed E-state index contributed by atoms with van der Waals surface area (Å²) in [5, 5.41) is 4.41. The van der Waals surface area contributed by atoms with E-state index in [0.29, 0.717) is 40.3 Å². The number of hydrogen-bond acceptors (Lipinski definition) is 5. The third-order valence-corrected chi connectivity index (χ3v) is 6.31. The number of nitrogens with one attached hydrogen (secondary N) is 1. The van der Waals surface area contributed by atoms with Gasteiger partial charge in [0.1, 0.15) is 6.61 Å². The largest absolute Gasteiger partial charge is 0.485 e. The summed E-state index contributed by atoms with van der Waals surface area (Å²) in [6.07, 6.45) is 1.69. The fraction of sp³-hybridized carbons (Fsp3) is 0.280. The molecule has 2 aromatic carbocycles. The van der Waals surface area contributed by atoms with E-state index in [-0.39, 0.29) is 24.6 Å². The van der Waals surface area contributed by atoms with E-state index in [1.165, 1.54) is 0 Å². The lowest BCUT2D eigenvalue weighted by molar-refractivity contribution is 0.0674. The predicted octanol–water partition coefficient (Wildman–Crippen LogP) is 5.04. The van der Waals surface area contributed by atoms with Crippen LogP contribution in [0.15, 0.2) is 54.7 Å². The first-order chi connectivity index (χ1) is 15.8. The number of nitrogens with two attached hydrogens (primary N) is 1. The summed E-state index contributed by atoms with van der Waals surface area (Å²) in [6, 6.07) is 15.3. The Morgan fingerprint density at radius 3 is 2.42 bits per heavy atom. The Kier molecular flexibility index (Phi) is 7.08. The molecule has 33 heavy (non-hydrogen) atoms. The molecule has 1 aliphatic rings. The molecule has 0 spiro atoms. The molecule has 0 radical (unpaired) electrons. The molecule has 6 nitrogen and oxygen atoms in total. The van der Waals surface area contributed by atoms with Crippen molar-refractivity contribution < 1.29 is 9.53 Å². The van der Waals surface area contributed by atoms with E-state index in [1.807, 2.05) is 41.3 Å². The zero-order valence-corrected chi connectivity index (χ0v) is 20.0. The van der Waals surface area contributed by atoms with Crippen molar-refractivity contribution in [2.45, 2.75) is 32.5 Å². The number of halogens is 2. The van der Waals surface area contributed by atoms with Gasteiger partial charge in [-0.2, -0.15) is 0 Å². The van der Waals surface area contributed by atoms with Gasteiger partial charge in [-0.15, -0.1) is 0 Å². The maximum absolute atomic E-state index is 12.9. The highest BCUT2D eigenvalue weighted by Gasteiger charge is 2.25. The van der Waals surface area contributed by atoms with Crippen molar-refractivity contribution in [3.63, 3.8) is 0 Å². The van der Waals surface area contributed by atoms with Crippen molar-refractivity contribution in [1.29, 1.82) is 0 Å². The predicted molar refractivity (Wildman–Crippen MR) is 133 cm³/mol. The molecule has 2 unspecified atom stereocenters. The molecule has 3 N–H and O–H groups in total. The van der Waals surface area contributed by atoms with Crippen LogP contribution in [0, 0.1) is 0 Å². The van der Waals surface area contributed by atoms with Gasteiger partial charge in [-0.1, -0.05) is 41.4 Å². The molecular formula is C25H26Cl2N4O2. The summed E-state index contributed by atoms with van der Waals surface area (Å²) in [4.78, 5) is 19.1. The maximum atomic E-state index is 12.9. The summed E-state index contributed by atoms with van der Waals surface area (Å²) in [7, 11) is 0. The zero-order valence-electron chi connectivity index (χ0n) is 18.5. The third kappa shape index (κ3) is 5.58. The summed E-state index contributed by atoms with van der Waals surface area (Å²) >= 11 is 12.0. The Bertz CT molecular complexity index is 1140. The monoisotopic (exact) mass is 484 g/mol. The number of carbonyl (C=O) groups excluding carboxylic acids is 1. The van der Waals surface area contributed by atoms with Crippen LogP contribution in [0.3, 0.4) is 0 Å². The van der Waals surface area contributed by atoms with Crippen molar-refractivity contribution in [1.82, 2.24) is 15.2 Å². The van der Waals surface area contributed by atoms with Crippen LogP contribution in [-0.2, 0) is 6.61 Å². The minimum atomic E-state index is 0.0443. The van der Waals surface area contributed by atoms with Gasteiger partial charge in [-0.3, -0.25) is 4.79 Å². The van der Waals surface area contributed by atoms with Gasteiger partial charge < -0.3 is 20.7 Å². The van der Waals surface area contributed by atoms with E-state index in [1.54, 1.807) is 18.3 Å². The molecule has 0 saturated carbocycles. The fourth-order valence-corrected chi connectivity index (χ4v) is 4.32. The average Bonchev–Trinajstić information content (AvgIpc) is 2.80. The van der Waals surface area contributed by atoms with Gasteiger partial charge in [0.25, 0.3) is 5.91 Å². The minimum absolute atomic E-state index is 0.0443. The van der Waals surface area contributed by atoms with Crippen LogP contribution in [0.2, 0.25) is 10.0 Å². The number of pyridine rings is 1. The molecule has 1 aliphatic heterocycles. The van der Waals surface area contributed by atoms with Gasteiger partial charge in [0, 0.05) is 42.5 Å². The number of anilines is 1. The lowest BCUT2D eigenvalue weighted by Crippen LogP contribution is -2.55. The number of piperazine rings is 1. The molecule has 1 amide bonds. The van der Waals surface area contributed by atoms with E-state index in [4.69, 9.17) is 33.7 Å². The molecule has 0 bridgehead atoms. The number of carbonyl (C=O) groups is 1. The molecular weight excluding hydrogens is 459 g/mol. The van der Waals surface area contributed by atoms with Gasteiger partial charge in [0.2, 0.25) is 0 Å². The molecule has 1 aromatic heterocycles. The van der Waals surface area contributed by atoms with Crippen LogP contribution in [0.4, 0.5) is 5.82 Å². The SMILES string of the molecule is CC1CN(C(=O)c2ccc(-c3cnc(N)c(OCc4ccc(Cl)c(Cl)c4)c3)cc2)CC(C)N1. The lowest BCUT2D eigenvalue weighted by Gasteiger charge is -2.36. The molecule has 172 valence electrons. The normalized spacial score (nSPS) is 18.2. The van der Waals surface area contributed by atoms with Crippen molar-refractivity contribution in [2.24, 2.45) is 0 Å². The highest BCUT2D eigenvalue weighted by Crippen LogP contribution is 2.29. The number of hydrogen-bond donors (Lipinski definition) is 2. The summed E-state index contributed by atoms with van der Waals surface area (Å²) in [6.45, 7) is 5.86. The summed E-state index contributed by atoms with van der Waals surface area (Å²) < 4.78 is 5.89. The Hall–Kier alpha value is -2.80. The topological polar surface area (TPSA) is 80.5 Å². The Balaban J connectivity index is 1.47. The zero-order chi connectivity index (χ0) is 23.5. The number of ether oxygens (including phenoxy) is 1. The second kappa shape index (κ2) is 10.00. The second-order valence-corrected chi connectivity index (χ2v) is 9.22. The molecule has 0 aliphatic carbocycles. The lowest BCUT2D eigenvalue weighted by atomic mass is 10.0. The number of benzene rings is 2. The summed E-state index contributed by atoms with van der Waals surface area (Å²) in [5.74, 6) is 0.818. The second-order valence-electron chi connectivity index (χ2n) is 8.40. The van der Waals surface area contributed by atoms with Crippen LogP contribution in [0.5, 0.6) is 5.75 Å². The Morgan fingerprint density at radius 1 is 1.06 bits per heavy atom. The molecule has 8 heteroatoms. The van der Waals surface area contributed by atoms with Crippen LogP contribution < -0.4 is 15.8 Å². The maximum Gasteiger partial charge on any atom is 0.253 e. The molecule has 2 heterocycles. The van der Waals surface area contributed by atoms with Crippen molar-refractivity contribution in [2.75, 3.05) is 18.8 Å². The molecule has 1 fully saturated rings. The van der Waals surface area contributed by atoms with Crippen molar-refractivity contribution in [3.8, 4) is 16.9 Å². The van der Waals surface area contributed by atoms with Gasteiger partial charge in [-0.05, 0) is 55.3 Å².